The van der Waals surface area contributed by atoms with Crippen molar-refractivity contribution in [1.29, 1.82) is 0 Å². The van der Waals surface area contributed by atoms with Crippen molar-refractivity contribution in [2.75, 3.05) is 6.54 Å². The maximum atomic E-state index is 12.4. The predicted octanol–water partition coefficient (Wildman–Crippen LogP) is 3.31. The minimum absolute atomic E-state index is 0.0728. The maximum absolute atomic E-state index is 12.4. The molecule has 0 aliphatic heterocycles. The van der Waals surface area contributed by atoms with Crippen LogP contribution in [0.4, 0.5) is 0 Å². The summed E-state index contributed by atoms with van der Waals surface area (Å²) in [5, 5.41) is 24.5. The van der Waals surface area contributed by atoms with Gasteiger partial charge in [0.1, 0.15) is 5.75 Å². The number of benzene rings is 1. The van der Waals surface area contributed by atoms with E-state index >= 15 is 0 Å². The molecule has 2 saturated carbocycles. The van der Waals surface area contributed by atoms with Crippen LogP contribution in [-0.4, -0.2) is 32.3 Å². The Morgan fingerprint density at radius 1 is 1.23 bits per heavy atom. The zero-order chi connectivity index (χ0) is 21.0. The van der Waals surface area contributed by atoms with Crippen molar-refractivity contribution in [3.8, 4) is 17.0 Å². The number of nitrogens with one attached hydrogen (secondary N) is 2. The Morgan fingerprint density at radius 3 is 2.67 bits per heavy atom. The van der Waals surface area contributed by atoms with Crippen LogP contribution >= 0.6 is 0 Å². The summed E-state index contributed by atoms with van der Waals surface area (Å²) in [4.78, 5) is 26.5. The number of aromatic hydroxyl groups is 1. The van der Waals surface area contributed by atoms with Gasteiger partial charge in [-0.15, -0.1) is 0 Å². The predicted molar refractivity (Wildman–Crippen MR) is 114 cm³/mol. The largest absolute Gasteiger partial charge is 0.506 e. The second-order valence-electron chi connectivity index (χ2n) is 8.59. The Kier molecular flexibility index (Phi) is 4.43. The van der Waals surface area contributed by atoms with Crippen molar-refractivity contribution in [2.24, 2.45) is 13.0 Å². The third-order valence-electron chi connectivity index (χ3n) is 6.29. The monoisotopic (exact) mass is 407 g/mol. The van der Waals surface area contributed by atoms with Crippen LogP contribution in [-0.2, 0) is 13.6 Å². The van der Waals surface area contributed by atoms with Gasteiger partial charge in [0.25, 0.3) is 5.56 Å². The average Bonchev–Trinajstić information content (AvgIpc) is 3.61. The molecule has 2 aliphatic carbocycles. The molecule has 4 N–H and O–H groups in total. The van der Waals surface area contributed by atoms with Crippen LogP contribution in [0, 0.1) is 5.92 Å². The SMILES string of the molecule is Cn1c(CNCC2CC2)cc2cc(-c3[nH]c(=O)c(C(=O)O)c(O)c3C3CC3)ccc21. The van der Waals surface area contributed by atoms with E-state index in [0.717, 1.165) is 48.3 Å². The fourth-order valence-corrected chi connectivity index (χ4v) is 4.26. The molecule has 0 unspecified atom stereocenters. The Hall–Kier alpha value is -3.06. The number of rotatable bonds is 7. The Bertz CT molecular complexity index is 1220. The molecule has 0 bridgehead atoms. The molecule has 0 radical (unpaired) electrons. The summed E-state index contributed by atoms with van der Waals surface area (Å²) in [7, 11) is 2.04. The maximum Gasteiger partial charge on any atom is 0.345 e. The molecule has 5 rings (SSSR count). The Balaban J connectivity index is 1.56. The first-order chi connectivity index (χ1) is 14.4. The van der Waals surface area contributed by atoms with E-state index in [9.17, 15) is 19.8 Å². The number of aromatic amines is 1. The van der Waals surface area contributed by atoms with Crippen molar-refractivity contribution in [1.82, 2.24) is 14.9 Å². The molecule has 30 heavy (non-hydrogen) atoms. The lowest BCUT2D eigenvalue weighted by Crippen LogP contribution is -2.20. The van der Waals surface area contributed by atoms with Gasteiger partial charge in [-0.2, -0.15) is 0 Å². The summed E-state index contributed by atoms with van der Waals surface area (Å²) < 4.78 is 2.16. The Labute approximate surface area is 173 Å². The van der Waals surface area contributed by atoms with Crippen LogP contribution < -0.4 is 10.9 Å². The van der Waals surface area contributed by atoms with Gasteiger partial charge < -0.3 is 25.1 Å². The topological polar surface area (TPSA) is 107 Å². The summed E-state index contributed by atoms with van der Waals surface area (Å²) in [5.74, 6) is -0.917. The molecule has 0 saturated heterocycles. The third-order valence-corrected chi connectivity index (χ3v) is 6.29. The van der Waals surface area contributed by atoms with Crippen molar-refractivity contribution >= 4 is 16.9 Å². The van der Waals surface area contributed by atoms with Gasteiger partial charge in [0, 0.05) is 35.8 Å². The molecule has 1 aromatic carbocycles. The lowest BCUT2D eigenvalue weighted by Gasteiger charge is -2.13. The number of aryl methyl sites for hydroxylation is 1. The fraction of sp³-hybridized carbons (Fsp3) is 0.391. The second-order valence-corrected chi connectivity index (χ2v) is 8.59. The number of carboxylic acids is 1. The number of pyridine rings is 1. The smallest absolute Gasteiger partial charge is 0.345 e. The molecule has 2 fully saturated rings. The van der Waals surface area contributed by atoms with Crippen molar-refractivity contribution in [2.45, 2.75) is 38.1 Å². The lowest BCUT2D eigenvalue weighted by atomic mass is 9.98. The zero-order valence-corrected chi connectivity index (χ0v) is 16.9. The van der Waals surface area contributed by atoms with Gasteiger partial charge in [-0.05, 0) is 67.8 Å². The number of nitrogens with zero attached hydrogens (tertiary/aromatic N) is 1. The first-order valence-corrected chi connectivity index (χ1v) is 10.5. The van der Waals surface area contributed by atoms with Crippen molar-refractivity contribution < 1.29 is 15.0 Å². The molecule has 0 spiro atoms. The van der Waals surface area contributed by atoms with Crippen LogP contribution in [0.3, 0.4) is 0 Å². The molecule has 3 aromatic rings. The standard InChI is InChI=1S/C23H25N3O4/c1-26-16(11-24-10-12-2-3-12)9-15-8-14(6-7-17(15)26)20-18(13-4-5-13)21(27)19(23(29)30)22(28)25-20/h6-9,12-13,24H,2-5,10-11H2,1H3,(H,29,30)(H2,25,27,28). The molecular weight excluding hydrogens is 382 g/mol. The zero-order valence-electron chi connectivity index (χ0n) is 16.9. The number of H-pyrrole nitrogens is 1. The Morgan fingerprint density at radius 2 is 2.00 bits per heavy atom. The highest BCUT2D eigenvalue weighted by Gasteiger charge is 2.33. The highest BCUT2D eigenvalue weighted by Crippen LogP contribution is 2.48. The lowest BCUT2D eigenvalue weighted by molar-refractivity contribution is 0.0691. The minimum atomic E-state index is -1.41. The van der Waals surface area contributed by atoms with E-state index < -0.39 is 22.8 Å². The number of hydrogen-bond acceptors (Lipinski definition) is 4. The normalized spacial score (nSPS) is 16.3. The van der Waals surface area contributed by atoms with Gasteiger partial charge in [-0.25, -0.2) is 4.79 Å². The summed E-state index contributed by atoms with van der Waals surface area (Å²) >= 11 is 0. The van der Waals surface area contributed by atoms with E-state index in [1.54, 1.807) is 0 Å². The fourth-order valence-electron chi connectivity index (χ4n) is 4.26. The number of hydrogen-bond donors (Lipinski definition) is 4. The van der Waals surface area contributed by atoms with E-state index in [1.807, 2.05) is 25.2 Å². The van der Waals surface area contributed by atoms with Crippen LogP contribution in [0.5, 0.6) is 5.75 Å². The highest BCUT2D eigenvalue weighted by atomic mass is 16.4. The summed E-state index contributed by atoms with van der Waals surface area (Å²) in [5.41, 5.74) is 2.74. The van der Waals surface area contributed by atoms with Crippen molar-refractivity contribution in [3.05, 3.63) is 51.4 Å². The van der Waals surface area contributed by atoms with Gasteiger partial charge in [0.2, 0.25) is 0 Å². The summed E-state index contributed by atoms with van der Waals surface area (Å²) in [6.07, 6.45) is 4.38. The quantitative estimate of drug-likeness (QED) is 0.481. The molecule has 0 atom stereocenters. The summed E-state index contributed by atoms with van der Waals surface area (Å²) in [6, 6.07) is 8.06. The molecule has 0 amide bonds. The first-order valence-electron chi connectivity index (χ1n) is 10.5. The highest BCUT2D eigenvalue weighted by molar-refractivity contribution is 5.93. The van der Waals surface area contributed by atoms with Gasteiger partial charge in [-0.3, -0.25) is 4.79 Å². The van der Waals surface area contributed by atoms with Gasteiger partial charge in [0.05, 0.1) is 5.69 Å². The van der Waals surface area contributed by atoms with Crippen LogP contribution in [0.25, 0.3) is 22.2 Å². The van der Waals surface area contributed by atoms with Crippen LogP contribution in [0.15, 0.2) is 29.1 Å². The third kappa shape index (κ3) is 3.29. The molecule has 2 heterocycles. The molecule has 2 aliphatic rings. The van der Waals surface area contributed by atoms with E-state index in [4.69, 9.17) is 0 Å². The first kappa shape index (κ1) is 18.9. The second kappa shape index (κ2) is 7.02. The van der Waals surface area contributed by atoms with Crippen LogP contribution in [0.2, 0.25) is 0 Å². The minimum Gasteiger partial charge on any atom is -0.506 e. The molecule has 2 aromatic heterocycles. The summed E-state index contributed by atoms with van der Waals surface area (Å²) in [6.45, 7) is 1.85. The van der Waals surface area contributed by atoms with E-state index in [1.165, 1.54) is 18.5 Å². The van der Waals surface area contributed by atoms with Crippen LogP contribution in [0.1, 0.15) is 53.2 Å². The van der Waals surface area contributed by atoms with Gasteiger partial charge in [-0.1, -0.05) is 6.07 Å². The number of aromatic carboxylic acids is 1. The van der Waals surface area contributed by atoms with Gasteiger partial charge >= 0.3 is 5.97 Å². The molecule has 156 valence electrons. The van der Waals surface area contributed by atoms with E-state index in [0.29, 0.717) is 11.3 Å². The molecule has 7 heteroatoms. The van der Waals surface area contributed by atoms with Gasteiger partial charge in [0.15, 0.2) is 5.56 Å². The average molecular weight is 407 g/mol. The van der Waals surface area contributed by atoms with E-state index in [2.05, 4.69) is 20.9 Å². The number of carboxylic acid groups (broad SMARTS) is 1. The number of fused-ring (bicyclic) bond motifs is 1. The molecular formula is C23H25N3O4. The van der Waals surface area contributed by atoms with E-state index in [-0.39, 0.29) is 5.92 Å². The number of aromatic nitrogens is 2. The molecule has 7 nitrogen and oxygen atoms in total. The van der Waals surface area contributed by atoms with Crippen molar-refractivity contribution in [3.63, 3.8) is 0 Å². The number of carbonyl (C=O) groups is 1.